The van der Waals surface area contributed by atoms with Crippen molar-refractivity contribution in [3.8, 4) is 0 Å². The van der Waals surface area contributed by atoms with Gasteiger partial charge in [-0.25, -0.2) is 19.3 Å². The minimum absolute atomic E-state index is 0.0168. The first-order valence-electron chi connectivity index (χ1n) is 9.54. The van der Waals surface area contributed by atoms with Gasteiger partial charge in [0, 0.05) is 37.4 Å². The maximum atomic E-state index is 13.2. The van der Waals surface area contributed by atoms with Crippen molar-refractivity contribution < 1.29 is 13.9 Å². The van der Waals surface area contributed by atoms with Crippen LogP contribution in [-0.4, -0.2) is 63.5 Å². The summed E-state index contributed by atoms with van der Waals surface area (Å²) in [4.78, 5) is 32.4. The molecule has 0 bridgehead atoms. The van der Waals surface area contributed by atoms with Crippen molar-refractivity contribution in [1.29, 1.82) is 0 Å². The molecule has 1 fully saturated rings. The highest BCUT2D eigenvalue weighted by atomic mass is 19.1. The lowest BCUT2D eigenvalue weighted by Crippen LogP contribution is -2.50. The number of ether oxygens (including phenoxy) is 1. The number of rotatable bonds is 5. The van der Waals surface area contributed by atoms with Crippen LogP contribution in [-0.2, 0) is 16.1 Å². The SMILES string of the molecule is Cc1ncnc(N2CCN(C(=O)COCc3nc4ccc(F)cc4[nH]3)CC2)c1C. The van der Waals surface area contributed by atoms with Crippen molar-refractivity contribution in [1.82, 2.24) is 24.8 Å². The van der Waals surface area contributed by atoms with E-state index in [0.29, 0.717) is 29.9 Å². The van der Waals surface area contributed by atoms with E-state index in [1.54, 1.807) is 17.3 Å². The fraction of sp³-hybridized carbons (Fsp3) is 0.400. The smallest absolute Gasteiger partial charge is 0.248 e. The molecule has 3 aromatic rings. The zero-order valence-corrected chi connectivity index (χ0v) is 16.5. The van der Waals surface area contributed by atoms with Crippen molar-refractivity contribution >= 4 is 22.8 Å². The summed E-state index contributed by atoms with van der Waals surface area (Å²) in [5, 5.41) is 0. The van der Waals surface area contributed by atoms with Crippen LogP contribution in [0.3, 0.4) is 0 Å². The quantitative estimate of drug-likeness (QED) is 0.707. The number of imidazole rings is 1. The molecule has 1 aromatic carbocycles. The van der Waals surface area contributed by atoms with Gasteiger partial charge in [-0.3, -0.25) is 4.79 Å². The number of hydrogen-bond donors (Lipinski definition) is 1. The molecule has 1 N–H and O–H groups in total. The van der Waals surface area contributed by atoms with Crippen LogP contribution in [0, 0.1) is 19.7 Å². The number of fused-ring (bicyclic) bond motifs is 1. The fourth-order valence-electron chi connectivity index (χ4n) is 3.44. The van der Waals surface area contributed by atoms with E-state index in [1.807, 2.05) is 13.8 Å². The van der Waals surface area contributed by atoms with Crippen molar-refractivity contribution in [2.75, 3.05) is 37.7 Å². The lowest BCUT2D eigenvalue weighted by Gasteiger charge is -2.36. The van der Waals surface area contributed by atoms with Gasteiger partial charge in [-0.2, -0.15) is 0 Å². The maximum absolute atomic E-state index is 13.2. The van der Waals surface area contributed by atoms with E-state index in [4.69, 9.17) is 4.74 Å². The van der Waals surface area contributed by atoms with Gasteiger partial charge in [0.05, 0.1) is 11.0 Å². The van der Waals surface area contributed by atoms with E-state index in [1.165, 1.54) is 12.1 Å². The van der Waals surface area contributed by atoms with Crippen LogP contribution in [0.5, 0.6) is 0 Å². The Hall–Kier alpha value is -3.07. The highest BCUT2D eigenvalue weighted by molar-refractivity contribution is 5.78. The molecule has 0 spiro atoms. The van der Waals surface area contributed by atoms with Crippen molar-refractivity contribution in [3.05, 3.63) is 47.4 Å². The molecule has 8 nitrogen and oxygen atoms in total. The van der Waals surface area contributed by atoms with Crippen LogP contribution < -0.4 is 4.90 Å². The first-order valence-corrected chi connectivity index (χ1v) is 9.54. The molecule has 3 heterocycles. The molecule has 0 aliphatic carbocycles. The molecule has 4 rings (SSSR count). The summed E-state index contributed by atoms with van der Waals surface area (Å²) in [5.41, 5.74) is 3.32. The molecule has 1 aliphatic rings. The number of aromatic amines is 1. The maximum Gasteiger partial charge on any atom is 0.248 e. The van der Waals surface area contributed by atoms with Crippen LogP contribution >= 0.6 is 0 Å². The van der Waals surface area contributed by atoms with Gasteiger partial charge in [0.1, 0.15) is 37.0 Å². The number of anilines is 1. The highest BCUT2D eigenvalue weighted by Crippen LogP contribution is 2.20. The Bertz CT molecular complexity index is 1030. The number of piperazine rings is 1. The number of halogens is 1. The molecule has 1 aliphatic heterocycles. The minimum Gasteiger partial charge on any atom is -0.364 e. The Kier molecular flexibility index (Phi) is 5.39. The monoisotopic (exact) mass is 398 g/mol. The molecule has 152 valence electrons. The van der Waals surface area contributed by atoms with Crippen LogP contribution in [0.1, 0.15) is 17.1 Å². The highest BCUT2D eigenvalue weighted by Gasteiger charge is 2.23. The normalized spacial score (nSPS) is 14.6. The van der Waals surface area contributed by atoms with Crippen LogP contribution in [0.2, 0.25) is 0 Å². The molecule has 2 aromatic heterocycles. The Morgan fingerprint density at radius 1 is 1.21 bits per heavy atom. The van der Waals surface area contributed by atoms with Crippen molar-refractivity contribution in [2.24, 2.45) is 0 Å². The third kappa shape index (κ3) is 4.19. The van der Waals surface area contributed by atoms with E-state index in [0.717, 1.165) is 30.2 Å². The number of aromatic nitrogens is 4. The summed E-state index contributed by atoms with van der Waals surface area (Å²) >= 11 is 0. The van der Waals surface area contributed by atoms with E-state index in [9.17, 15) is 9.18 Å². The second kappa shape index (κ2) is 8.12. The summed E-state index contributed by atoms with van der Waals surface area (Å²) in [7, 11) is 0. The Labute approximate surface area is 167 Å². The lowest BCUT2D eigenvalue weighted by atomic mass is 10.2. The second-order valence-corrected chi connectivity index (χ2v) is 7.11. The van der Waals surface area contributed by atoms with Gasteiger partial charge in [0.2, 0.25) is 5.91 Å². The number of nitrogens with zero attached hydrogens (tertiary/aromatic N) is 5. The topological polar surface area (TPSA) is 87.2 Å². The number of carbonyl (C=O) groups is 1. The van der Waals surface area contributed by atoms with E-state index >= 15 is 0 Å². The molecular formula is C20H23FN6O2. The van der Waals surface area contributed by atoms with Gasteiger partial charge < -0.3 is 19.5 Å². The molecule has 0 atom stereocenters. The van der Waals surface area contributed by atoms with Gasteiger partial charge in [-0.15, -0.1) is 0 Å². The van der Waals surface area contributed by atoms with E-state index in [2.05, 4.69) is 24.8 Å². The number of H-pyrrole nitrogens is 1. The summed E-state index contributed by atoms with van der Waals surface area (Å²) in [5.74, 6) is 1.12. The third-order valence-corrected chi connectivity index (χ3v) is 5.20. The largest absolute Gasteiger partial charge is 0.364 e. The fourth-order valence-corrected chi connectivity index (χ4v) is 3.44. The first kappa shape index (κ1) is 19.3. The predicted molar refractivity (Wildman–Crippen MR) is 106 cm³/mol. The van der Waals surface area contributed by atoms with Gasteiger partial charge in [0.25, 0.3) is 0 Å². The van der Waals surface area contributed by atoms with E-state index in [-0.39, 0.29) is 24.9 Å². The molecule has 29 heavy (non-hydrogen) atoms. The van der Waals surface area contributed by atoms with Crippen LogP contribution in [0.4, 0.5) is 10.2 Å². The lowest BCUT2D eigenvalue weighted by molar-refractivity contribution is -0.136. The van der Waals surface area contributed by atoms with Crippen molar-refractivity contribution in [3.63, 3.8) is 0 Å². The average molecular weight is 398 g/mol. The number of aryl methyl sites for hydroxylation is 1. The molecular weight excluding hydrogens is 375 g/mol. The Morgan fingerprint density at radius 2 is 2.00 bits per heavy atom. The standard InChI is InChI=1S/C20H23FN6O2/c1-13-14(2)22-12-23-20(13)27-7-5-26(6-8-27)19(28)11-29-10-18-24-16-4-3-15(21)9-17(16)25-18/h3-4,9,12H,5-8,10-11H2,1-2H3,(H,24,25). The number of carbonyl (C=O) groups excluding carboxylic acids is 1. The second-order valence-electron chi connectivity index (χ2n) is 7.11. The van der Waals surface area contributed by atoms with E-state index < -0.39 is 0 Å². The third-order valence-electron chi connectivity index (χ3n) is 5.20. The van der Waals surface area contributed by atoms with Gasteiger partial charge in [-0.05, 0) is 32.0 Å². The summed E-state index contributed by atoms with van der Waals surface area (Å²) < 4.78 is 18.8. The van der Waals surface area contributed by atoms with Gasteiger partial charge in [-0.1, -0.05) is 0 Å². The number of amides is 1. The summed E-state index contributed by atoms with van der Waals surface area (Å²) in [6.45, 7) is 6.82. The molecule has 1 amide bonds. The van der Waals surface area contributed by atoms with Crippen LogP contribution in [0.15, 0.2) is 24.5 Å². The van der Waals surface area contributed by atoms with Gasteiger partial charge >= 0.3 is 0 Å². The van der Waals surface area contributed by atoms with Gasteiger partial charge in [0.15, 0.2) is 0 Å². The molecule has 0 saturated carbocycles. The Morgan fingerprint density at radius 3 is 2.79 bits per heavy atom. The number of benzene rings is 1. The Balaban J connectivity index is 1.27. The zero-order valence-electron chi connectivity index (χ0n) is 16.5. The summed E-state index contributed by atoms with van der Waals surface area (Å²) in [6.07, 6.45) is 1.58. The minimum atomic E-state index is -0.324. The predicted octanol–water partition coefficient (Wildman–Crippen LogP) is 1.97. The molecule has 0 unspecified atom stereocenters. The number of hydrogen-bond acceptors (Lipinski definition) is 6. The average Bonchev–Trinajstić information content (AvgIpc) is 3.12. The van der Waals surface area contributed by atoms with Crippen molar-refractivity contribution in [2.45, 2.75) is 20.5 Å². The van der Waals surface area contributed by atoms with Crippen LogP contribution in [0.25, 0.3) is 11.0 Å². The number of nitrogens with one attached hydrogen (secondary N) is 1. The molecule has 0 radical (unpaired) electrons. The molecule has 1 saturated heterocycles. The first-order chi connectivity index (χ1) is 14.0. The zero-order chi connectivity index (χ0) is 20.4. The summed E-state index contributed by atoms with van der Waals surface area (Å²) in [6, 6.07) is 4.36. The molecule has 9 heteroatoms.